The zero-order chi connectivity index (χ0) is 28.3. The van der Waals surface area contributed by atoms with Crippen LogP contribution in [0.5, 0.6) is 5.75 Å². The van der Waals surface area contributed by atoms with Crippen LogP contribution in [0.1, 0.15) is 75.0 Å². The predicted octanol–water partition coefficient (Wildman–Crippen LogP) is 6.63. The Labute approximate surface area is 233 Å². The third-order valence-corrected chi connectivity index (χ3v) is 8.11. The molecule has 0 spiro atoms. The van der Waals surface area contributed by atoms with Gasteiger partial charge in [0.05, 0.1) is 12.2 Å². The molecule has 39 heavy (non-hydrogen) atoms. The van der Waals surface area contributed by atoms with E-state index < -0.39 is 12.1 Å². The molecule has 7 nitrogen and oxygen atoms in total. The summed E-state index contributed by atoms with van der Waals surface area (Å²) >= 11 is 1.46. The summed E-state index contributed by atoms with van der Waals surface area (Å²) in [7, 11) is 0. The zero-order valence-electron chi connectivity index (χ0n) is 23.4. The molecule has 0 fully saturated rings. The van der Waals surface area contributed by atoms with Gasteiger partial charge in [0, 0.05) is 16.1 Å². The molecule has 2 amide bonds. The maximum Gasteiger partial charge on any atom is 0.341 e. The van der Waals surface area contributed by atoms with E-state index in [0.29, 0.717) is 27.8 Å². The number of rotatable bonds is 8. The van der Waals surface area contributed by atoms with Gasteiger partial charge in [-0.3, -0.25) is 9.59 Å². The van der Waals surface area contributed by atoms with E-state index in [1.807, 2.05) is 32.9 Å². The number of nitrogens with one attached hydrogen (secondary N) is 2. The van der Waals surface area contributed by atoms with E-state index in [0.717, 1.165) is 52.1 Å². The van der Waals surface area contributed by atoms with Crippen molar-refractivity contribution in [2.75, 3.05) is 17.2 Å². The number of carbonyl (C=O) groups is 3. The molecule has 8 heteroatoms. The molecule has 0 bridgehead atoms. The van der Waals surface area contributed by atoms with Crippen LogP contribution in [-0.4, -0.2) is 30.5 Å². The van der Waals surface area contributed by atoms with Crippen molar-refractivity contribution >= 4 is 39.8 Å². The molecule has 1 aliphatic carbocycles. The highest BCUT2D eigenvalue weighted by Crippen LogP contribution is 2.40. The summed E-state index contributed by atoms with van der Waals surface area (Å²) in [5, 5.41) is 6.43. The first-order valence-corrected chi connectivity index (χ1v) is 14.2. The fraction of sp³-hybridized carbons (Fsp3) is 0.387. The zero-order valence-corrected chi connectivity index (χ0v) is 24.2. The van der Waals surface area contributed by atoms with Gasteiger partial charge in [-0.1, -0.05) is 24.6 Å². The van der Waals surface area contributed by atoms with E-state index in [-0.39, 0.29) is 18.4 Å². The van der Waals surface area contributed by atoms with Crippen LogP contribution in [0.25, 0.3) is 0 Å². The van der Waals surface area contributed by atoms with Crippen LogP contribution < -0.4 is 15.4 Å². The second-order valence-corrected chi connectivity index (χ2v) is 11.4. The van der Waals surface area contributed by atoms with Crippen LogP contribution in [-0.2, 0) is 22.4 Å². The number of amides is 2. The highest BCUT2D eigenvalue weighted by atomic mass is 32.1. The molecular weight excluding hydrogens is 512 g/mol. The summed E-state index contributed by atoms with van der Waals surface area (Å²) in [6, 6.07) is 10.7. The molecule has 0 saturated carbocycles. The van der Waals surface area contributed by atoms with Crippen molar-refractivity contribution in [3.63, 3.8) is 0 Å². The minimum atomic E-state index is -0.739. The first kappa shape index (κ1) is 28.4. The normalized spacial score (nSPS) is 15.2. The number of ether oxygens (including phenoxy) is 2. The number of hydrogen-bond donors (Lipinski definition) is 2. The van der Waals surface area contributed by atoms with Gasteiger partial charge in [0.2, 0.25) is 0 Å². The molecule has 0 unspecified atom stereocenters. The number of benzene rings is 2. The van der Waals surface area contributed by atoms with Crippen molar-refractivity contribution in [3.8, 4) is 5.75 Å². The largest absolute Gasteiger partial charge is 0.481 e. The van der Waals surface area contributed by atoms with E-state index in [1.165, 1.54) is 11.3 Å². The Morgan fingerprint density at radius 3 is 2.36 bits per heavy atom. The molecule has 206 valence electrons. The van der Waals surface area contributed by atoms with Crippen LogP contribution in [0.2, 0.25) is 0 Å². The molecule has 2 aromatic carbocycles. The fourth-order valence-corrected chi connectivity index (χ4v) is 6.37. The Hall–Kier alpha value is -3.65. The second-order valence-electron chi connectivity index (χ2n) is 10.3. The van der Waals surface area contributed by atoms with Crippen LogP contribution in [0.4, 0.5) is 10.7 Å². The number of thiophene rings is 1. The molecule has 2 atom stereocenters. The average Bonchev–Trinajstić information content (AvgIpc) is 3.23. The van der Waals surface area contributed by atoms with Gasteiger partial charge in [-0.15, -0.1) is 11.3 Å². The van der Waals surface area contributed by atoms with Gasteiger partial charge in [0.1, 0.15) is 10.8 Å². The molecule has 3 aromatic rings. The van der Waals surface area contributed by atoms with Gasteiger partial charge in [-0.05, 0) is 101 Å². The molecule has 1 aliphatic rings. The van der Waals surface area contributed by atoms with Crippen molar-refractivity contribution in [1.29, 1.82) is 0 Å². The lowest BCUT2D eigenvalue weighted by atomic mass is 9.88. The molecule has 0 aliphatic heterocycles. The summed E-state index contributed by atoms with van der Waals surface area (Å²) in [6.45, 7) is 11.9. The lowest BCUT2D eigenvalue weighted by Crippen LogP contribution is -2.30. The Bertz CT molecular complexity index is 1370. The molecule has 2 N–H and O–H groups in total. The van der Waals surface area contributed by atoms with Crippen LogP contribution in [0.15, 0.2) is 36.4 Å². The summed E-state index contributed by atoms with van der Waals surface area (Å²) in [5.74, 6) is 0.0344. The van der Waals surface area contributed by atoms with Crippen LogP contribution >= 0.6 is 11.3 Å². The van der Waals surface area contributed by atoms with Gasteiger partial charge in [0.15, 0.2) is 6.10 Å². The predicted molar refractivity (Wildman–Crippen MR) is 155 cm³/mol. The Balaban J connectivity index is 1.43. The topological polar surface area (TPSA) is 93.7 Å². The number of anilines is 2. The number of fused-ring (bicyclic) bond motifs is 1. The van der Waals surface area contributed by atoms with Gasteiger partial charge < -0.3 is 20.1 Å². The molecular formula is C31H36N2O5S. The third-order valence-electron chi connectivity index (χ3n) is 6.94. The van der Waals surface area contributed by atoms with E-state index in [9.17, 15) is 14.4 Å². The summed E-state index contributed by atoms with van der Waals surface area (Å²) in [5.41, 5.74) is 5.82. The lowest BCUT2D eigenvalue weighted by Gasteiger charge is -2.18. The fourth-order valence-electron chi connectivity index (χ4n) is 4.98. The van der Waals surface area contributed by atoms with Crippen molar-refractivity contribution in [1.82, 2.24) is 0 Å². The van der Waals surface area contributed by atoms with E-state index in [1.54, 1.807) is 38.1 Å². The standard InChI is InChI=1S/C31H36N2O5S/c1-7-37-31(36)26-24-13-8-17(2)16-25(24)39-30(26)33-29(35)22-9-11-23(12-10-22)38-21(6)28(34)32-27-19(4)14-18(3)15-20(27)5/h9-12,14-15,17,21H,7-8,13,16H2,1-6H3,(H,32,34)(H,33,35)/t17-,21-/m1/s1. The lowest BCUT2D eigenvalue weighted by molar-refractivity contribution is -0.122. The SMILES string of the molecule is CCOC(=O)c1c(NC(=O)c2ccc(O[C@H](C)C(=O)Nc3c(C)cc(C)cc3C)cc2)sc2c1CC[C@@H](C)C2. The molecule has 1 heterocycles. The van der Waals surface area contributed by atoms with E-state index in [2.05, 4.69) is 17.6 Å². The van der Waals surface area contributed by atoms with Gasteiger partial charge in [-0.25, -0.2) is 4.79 Å². The third kappa shape index (κ3) is 6.50. The van der Waals surface area contributed by atoms with Gasteiger partial charge >= 0.3 is 5.97 Å². The average molecular weight is 549 g/mol. The van der Waals surface area contributed by atoms with E-state index >= 15 is 0 Å². The van der Waals surface area contributed by atoms with Crippen LogP contribution in [0.3, 0.4) is 0 Å². The second kappa shape index (κ2) is 12.0. The Morgan fingerprint density at radius 1 is 1.05 bits per heavy atom. The van der Waals surface area contributed by atoms with Crippen molar-refractivity contribution in [2.24, 2.45) is 5.92 Å². The minimum absolute atomic E-state index is 0.255. The maximum absolute atomic E-state index is 13.1. The Morgan fingerprint density at radius 2 is 1.72 bits per heavy atom. The number of esters is 1. The Kier molecular flexibility index (Phi) is 8.75. The number of aryl methyl sites for hydroxylation is 3. The molecule has 1 aromatic heterocycles. The van der Waals surface area contributed by atoms with Crippen molar-refractivity contribution in [3.05, 3.63) is 74.7 Å². The van der Waals surface area contributed by atoms with Crippen molar-refractivity contribution in [2.45, 2.75) is 66.9 Å². The molecule has 0 saturated heterocycles. The summed E-state index contributed by atoms with van der Waals surface area (Å²) in [4.78, 5) is 39.8. The number of hydrogen-bond acceptors (Lipinski definition) is 6. The highest BCUT2D eigenvalue weighted by molar-refractivity contribution is 7.17. The van der Waals surface area contributed by atoms with Gasteiger partial charge in [-0.2, -0.15) is 0 Å². The summed E-state index contributed by atoms with van der Waals surface area (Å²) < 4.78 is 11.1. The first-order valence-electron chi connectivity index (χ1n) is 13.4. The van der Waals surface area contributed by atoms with E-state index in [4.69, 9.17) is 9.47 Å². The molecule has 0 radical (unpaired) electrons. The maximum atomic E-state index is 13.1. The smallest absolute Gasteiger partial charge is 0.341 e. The quantitative estimate of drug-likeness (QED) is 0.308. The minimum Gasteiger partial charge on any atom is -0.481 e. The van der Waals surface area contributed by atoms with Gasteiger partial charge in [0.25, 0.3) is 11.8 Å². The van der Waals surface area contributed by atoms with Crippen LogP contribution in [0, 0.1) is 26.7 Å². The number of carbonyl (C=O) groups excluding carboxylic acids is 3. The highest BCUT2D eigenvalue weighted by Gasteiger charge is 2.29. The molecule has 4 rings (SSSR count). The van der Waals surface area contributed by atoms with Crippen molar-refractivity contribution < 1.29 is 23.9 Å². The summed E-state index contributed by atoms with van der Waals surface area (Å²) in [6.07, 6.45) is 1.96. The first-order chi connectivity index (χ1) is 18.6. The monoisotopic (exact) mass is 548 g/mol.